The Bertz CT molecular complexity index is 2710. The van der Waals surface area contributed by atoms with E-state index in [9.17, 15) is 14.4 Å². The van der Waals surface area contributed by atoms with Crippen molar-refractivity contribution < 1.29 is 23.6 Å². The molecule has 3 aromatic carbocycles. The maximum Gasteiger partial charge on any atom is 0.328 e. The monoisotopic (exact) mass is 851 g/mol. The minimum absolute atomic E-state index is 0.0128. The fourth-order valence-corrected chi connectivity index (χ4v) is 9.55. The number of ether oxygens (including phenoxy) is 1. The second kappa shape index (κ2) is 16.3. The number of imide groups is 1. The fraction of sp³-hybridized carbons (Fsp3) is 0.426. The molecule has 63 heavy (non-hydrogen) atoms. The van der Waals surface area contributed by atoms with Crippen LogP contribution in [0, 0.1) is 12.8 Å². The number of aromatic amines is 1. The van der Waals surface area contributed by atoms with Gasteiger partial charge in [-0.3, -0.25) is 24.7 Å². The molecule has 1 atom stereocenters. The minimum atomic E-state index is -0.387. The van der Waals surface area contributed by atoms with Gasteiger partial charge < -0.3 is 29.4 Å². The Morgan fingerprint density at radius 1 is 0.952 bits per heavy atom. The van der Waals surface area contributed by atoms with Crippen LogP contribution in [-0.4, -0.2) is 107 Å². The summed E-state index contributed by atoms with van der Waals surface area (Å²) in [6.45, 7) is 13.4. The zero-order valence-electron chi connectivity index (χ0n) is 36.2. The number of hydrogen-bond donors (Lipinski definition) is 3. The largest absolute Gasteiger partial charge is 0.495 e. The number of nitrogens with one attached hydrogen (secondary N) is 3. The number of urea groups is 1. The standard InChI is InChI=1S/C47H53N11O5/c1-28-23-31(5-10-34(28)29(2)50-43(60)44-53-45(54-63-44)47(3)14-15-47)41-40-35-24-38(62-4)37(25-36(35)51-42(40)49-27-48-41)57-21-19-55(20-22-57)26-30-11-16-56(17-12-30)32-6-8-33(9-7-32)58-18-13-39(59)52-46(58)61/h5-10,23-25,27,29-30H,11-22,26H2,1-4H3,(H,50,60)(H,48,49,51)(H,52,59,61)/t29-/m1/s1. The quantitative estimate of drug-likeness (QED) is 0.129. The smallest absolute Gasteiger partial charge is 0.328 e. The number of piperazine rings is 1. The summed E-state index contributed by atoms with van der Waals surface area (Å²) in [5.41, 5.74) is 8.46. The molecule has 16 heteroatoms. The molecule has 1 aliphatic carbocycles. The van der Waals surface area contributed by atoms with Crippen LogP contribution in [0.1, 0.15) is 79.6 Å². The van der Waals surface area contributed by atoms with E-state index in [2.05, 4.69) is 82.7 Å². The molecule has 1 saturated carbocycles. The van der Waals surface area contributed by atoms with Crippen LogP contribution in [-0.2, 0) is 10.2 Å². The van der Waals surface area contributed by atoms with Gasteiger partial charge in [0.25, 0.3) is 0 Å². The van der Waals surface area contributed by atoms with Crippen molar-refractivity contribution in [1.29, 1.82) is 0 Å². The molecule has 0 spiro atoms. The first-order chi connectivity index (χ1) is 30.5. The van der Waals surface area contributed by atoms with Crippen LogP contribution in [0.25, 0.3) is 33.2 Å². The summed E-state index contributed by atoms with van der Waals surface area (Å²) in [7, 11) is 1.73. The normalized spacial score (nSPS) is 18.8. The van der Waals surface area contributed by atoms with Crippen LogP contribution in [0.15, 0.2) is 65.4 Å². The van der Waals surface area contributed by atoms with Crippen LogP contribution < -0.4 is 30.1 Å². The molecule has 3 saturated heterocycles. The molecule has 16 nitrogen and oxygen atoms in total. The number of nitrogens with zero attached hydrogens (tertiary/aromatic N) is 8. The zero-order chi connectivity index (χ0) is 43.4. The molecule has 4 aliphatic rings. The van der Waals surface area contributed by atoms with Crippen molar-refractivity contribution in [3.8, 4) is 17.0 Å². The topological polar surface area (TPSA) is 178 Å². The van der Waals surface area contributed by atoms with E-state index < -0.39 is 0 Å². The van der Waals surface area contributed by atoms with Crippen LogP contribution in [0.3, 0.4) is 0 Å². The molecule has 3 N–H and O–H groups in total. The number of piperidine rings is 1. The van der Waals surface area contributed by atoms with Gasteiger partial charge in [0.2, 0.25) is 5.91 Å². The van der Waals surface area contributed by atoms with Crippen molar-refractivity contribution in [2.45, 2.75) is 64.3 Å². The van der Waals surface area contributed by atoms with Gasteiger partial charge in [-0.15, -0.1) is 0 Å². The Morgan fingerprint density at radius 3 is 2.43 bits per heavy atom. The molecule has 0 bridgehead atoms. The second-order valence-electron chi connectivity index (χ2n) is 17.9. The summed E-state index contributed by atoms with van der Waals surface area (Å²) in [5.74, 6) is 1.43. The van der Waals surface area contributed by atoms with Gasteiger partial charge in [-0.2, -0.15) is 4.98 Å². The summed E-state index contributed by atoms with van der Waals surface area (Å²) in [5, 5.41) is 11.4. The third-order valence-electron chi connectivity index (χ3n) is 13.6. The summed E-state index contributed by atoms with van der Waals surface area (Å²) in [6.07, 6.45) is 6.19. The Kier molecular flexibility index (Phi) is 10.5. The molecule has 326 valence electrons. The number of carbonyl (C=O) groups is 3. The van der Waals surface area contributed by atoms with Gasteiger partial charge in [0.1, 0.15) is 17.7 Å². The van der Waals surface area contributed by atoms with E-state index in [0.29, 0.717) is 24.7 Å². The number of rotatable bonds is 11. The molecule has 4 fully saturated rings. The van der Waals surface area contributed by atoms with E-state index in [-0.39, 0.29) is 35.2 Å². The predicted molar refractivity (Wildman–Crippen MR) is 240 cm³/mol. The number of hydrogen-bond acceptors (Lipinski definition) is 12. The highest BCUT2D eigenvalue weighted by Gasteiger charge is 2.44. The van der Waals surface area contributed by atoms with Crippen molar-refractivity contribution in [1.82, 2.24) is 40.6 Å². The zero-order valence-corrected chi connectivity index (χ0v) is 36.2. The summed E-state index contributed by atoms with van der Waals surface area (Å²) in [6, 6.07) is 18.0. The van der Waals surface area contributed by atoms with Gasteiger partial charge in [-0.05, 0) is 99.0 Å². The van der Waals surface area contributed by atoms with Crippen molar-refractivity contribution in [2.75, 3.05) is 74.2 Å². The first-order valence-electron chi connectivity index (χ1n) is 22.1. The van der Waals surface area contributed by atoms with Gasteiger partial charge in [-0.1, -0.05) is 24.2 Å². The number of aromatic nitrogens is 5. The lowest BCUT2D eigenvalue weighted by Gasteiger charge is -2.40. The summed E-state index contributed by atoms with van der Waals surface area (Å²) in [4.78, 5) is 63.3. The van der Waals surface area contributed by atoms with Crippen molar-refractivity contribution >= 4 is 56.8 Å². The number of methoxy groups -OCH3 is 1. The van der Waals surface area contributed by atoms with Crippen molar-refractivity contribution in [3.05, 3.63) is 83.8 Å². The first kappa shape index (κ1) is 40.5. The molecule has 6 aromatic rings. The average Bonchev–Trinajstić information content (AvgIpc) is 3.66. The number of fused-ring (bicyclic) bond motifs is 3. The number of anilines is 3. The van der Waals surface area contributed by atoms with E-state index in [1.54, 1.807) is 18.3 Å². The lowest BCUT2D eigenvalue weighted by Crippen LogP contribution is -2.49. The molecule has 10 rings (SSSR count). The van der Waals surface area contributed by atoms with E-state index >= 15 is 0 Å². The Hall–Kier alpha value is -6.55. The van der Waals surface area contributed by atoms with E-state index in [0.717, 1.165) is 133 Å². The molecule has 6 heterocycles. The van der Waals surface area contributed by atoms with Crippen LogP contribution >= 0.6 is 0 Å². The number of benzene rings is 3. The van der Waals surface area contributed by atoms with Crippen LogP contribution in [0.4, 0.5) is 21.9 Å². The third-order valence-corrected chi connectivity index (χ3v) is 13.6. The van der Waals surface area contributed by atoms with E-state index in [1.165, 1.54) is 5.69 Å². The highest BCUT2D eigenvalue weighted by molar-refractivity contribution is 6.13. The number of carbonyl (C=O) groups excluding carboxylic acids is 3. The number of aryl methyl sites for hydroxylation is 1. The lowest BCUT2D eigenvalue weighted by atomic mass is 9.95. The summed E-state index contributed by atoms with van der Waals surface area (Å²) >= 11 is 0. The van der Waals surface area contributed by atoms with Gasteiger partial charge in [0.15, 0.2) is 5.82 Å². The van der Waals surface area contributed by atoms with Gasteiger partial charge >= 0.3 is 17.8 Å². The SMILES string of the molecule is COc1cc2c(cc1N1CCN(CC3CCN(c4ccc(N5CCC(=O)NC5=O)cc4)CC3)CC1)[nH]c1ncnc(-c3ccc([C@@H](C)NC(=O)c4nc(C5(C)CC5)no4)c(C)c3)c12. The summed E-state index contributed by atoms with van der Waals surface area (Å²) < 4.78 is 11.4. The van der Waals surface area contributed by atoms with Crippen LogP contribution in [0.5, 0.6) is 5.75 Å². The second-order valence-corrected chi connectivity index (χ2v) is 17.9. The minimum Gasteiger partial charge on any atom is -0.495 e. The maximum absolute atomic E-state index is 13.0. The number of amides is 4. The maximum atomic E-state index is 13.0. The molecule has 0 unspecified atom stereocenters. The van der Waals surface area contributed by atoms with Crippen molar-refractivity contribution in [2.24, 2.45) is 5.92 Å². The number of H-pyrrole nitrogens is 1. The Balaban J connectivity index is 0.772. The van der Waals surface area contributed by atoms with Gasteiger partial charge in [0, 0.05) is 86.5 Å². The molecule has 0 radical (unpaired) electrons. The van der Waals surface area contributed by atoms with E-state index in [1.807, 2.05) is 38.1 Å². The molecular weight excluding hydrogens is 799 g/mol. The van der Waals surface area contributed by atoms with E-state index in [4.69, 9.17) is 14.2 Å². The fourth-order valence-electron chi connectivity index (χ4n) is 9.55. The molecule has 3 aromatic heterocycles. The molecule has 4 amide bonds. The Morgan fingerprint density at radius 2 is 1.71 bits per heavy atom. The highest BCUT2D eigenvalue weighted by atomic mass is 16.5. The lowest BCUT2D eigenvalue weighted by molar-refractivity contribution is -0.120. The van der Waals surface area contributed by atoms with Gasteiger partial charge in [0.05, 0.1) is 35.4 Å². The van der Waals surface area contributed by atoms with Gasteiger partial charge in [-0.25, -0.2) is 14.8 Å². The predicted octanol–water partition coefficient (Wildman–Crippen LogP) is 6.51. The third kappa shape index (κ3) is 7.92. The van der Waals surface area contributed by atoms with Crippen molar-refractivity contribution in [3.63, 3.8) is 0 Å². The Labute approximate surface area is 365 Å². The molecular formula is C47H53N11O5. The first-order valence-corrected chi connectivity index (χ1v) is 22.1. The average molecular weight is 852 g/mol. The van der Waals surface area contributed by atoms with Crippen LogP contribution in [0.2, 0.25) is 0 Å². The molecule has 3 aliphatic heterocycles. The highest BCUT2D eigenvalue weighted by Crippen LogP contribution is 2.46.